The van der Waals surface area contributed by atoms with Crippen LogP contribution in [0.15, 0.2) is 18.2 Å². The van der Waals surface area contributed by atoms with Gasteiger partial charge in [0.1, 0.15) is 0 Å². The molecule has 0 saturated heterocycles. The lowest BCUT2D eigenvalue weighted by atomic mass is 10.1. The molecule has 2 heteroatoms. The van der Waals surface area contributed by atoms with Gasteiger partial charge in [0.15, 0.2) is 0 Å². The van der Waals surface area contributed by atoms with Crippen LogP contribution in [0.25, 0.3) is 0 Å². The molecule has 64 valence electrons. The molecule has 2 N–H and O–H groups in total. The molecule has 0 amide bonds. The fourth-order valence-corrected chi connectivity index (χ4v) is 1.22. The highest BCUT2D eigenvalue weighted by atomic mass is 14.8. The van der Waals surface area contributed by atoms with Crippen LogP contribution in [0.2, 0.25) is 0 Å². The number of nitrogens with one attached hydrogen (secondary N) is 2. The van der Waals surface area contributed by atoms with Gasteiger partial charge in [-0.3, -0.25) is 0 Å². The highest BCUT2D eigenvalue weighted by Gasteiger charge is 1.97. The van der Waals surface area contributed by atoms with E-state index in [0.717, 1.165) is 12.1 Å². The summed E-state index contributed by atoms with van der Waals surface area (Å²) in [7, 11) is 1.91. The van der Waals surface area contributed by atoms with E-state index in [4.69, 9.17) is 5.41 Å². The van der Waals surface area contributed by atoms with Gasteiger partial charge in [-0.25, -0.2) is 0 Å². The minimum Gasteiger partial charge on any atom is -0.316 e. The van der Waals surface area contributed by atoms with Crippen LogP contribution in [-0.4, -0.2) is 13.3 Å². The van der Waals surface area contributed by atoms with E-state index in [0.29, 0.717) is 0 Å². The van der Waals surface area contributed by atoms with E-state index in [-0.39, 0.29) is 0 Å². The van der Waals surface area contributed by atoms with Crippen molar-refractivity contribution in [1.29, 1.82) is 5.41 Å². The molecule has 1 aromatic carbocycles. The Labute approximate surface area is 73.1 Å². The van der Waals surface area contributed by atoms with Gasteiger partial charge in [0, 0.05) is 12.8 Å². The second-order valence-electron chi connectivity index (χ2n) is 2.88. The van der Waals surface area contributed by atoms with Crippen molar-refractivity contribution in [2.45, 2.75) is 13.5 Å². The van der Waals surface area contributed by atoms with E-state index in [2.05, 4.69) is 18.3 Å². The molecule has 1 rings (SSSR count). The van der Waals surface area contributed by atoms with Gasteiger partial charge in [-0.05, 0) is 25.1 Å². The fraction of sp³-hybridized carbons (Fsp3) is 0.300. The lowest BCUT2D eigenvalue weighted by Gasteiger charge is -2.05. The van der Waals surface area contributed by atoms with Crippen LogP contribution >= 0.6 is 0 Å². The van der Waals surface area contributed by atoms with Crippen molar-refractivity contribution in [3.05, 3.63) is 34.9 Å². The Morgan fingerprint density at radius 1 is 1.50 bits per heavy atom. The Morgan fingerprint density at radius 3 is 2.83 bits per heavy atom. The number of aryl methyl sites for hydroxylation is 1. The van der Waals surface area contributed by atoms with E-state index in [1.165, 1.54) is 17.3 Å². The van der Waals surface area contributed by atoms with Crippen LogP contribution in [0, 0.1) is 12.3 Å². The Morgan fingerprint density at radius 2 is 2.25 bits per heavy atom. The van der Waals surface area contributed by atoms with Crippen LogP contribution in [0.4, 0.5) is 0 Å². The van der Waals surface area contributed by atoms with Crippen molar-refractivity contribution in [2.24, 2.45) is 0 Å². The number of rotatable bonds is 3. The monoisotopic (exact) mass is 162 g/mol. The van der Waals surface area contributed by atoms with E-state index in [1.807, 2.05) is 19.2 Å². The Hall–Kier alpha value is -1.15. The zero-order valence-electron chi connectivity index (χ0n) is 7.52. The number of hydrogen-bond acceptors (Lipinski definition) is 2. The van der Waals surface area contributed by atoms with Crippen molar-refractivity contribution < 1.29 is 0 Å². The largest absolute Gasteiger partial charge is 0.316 e. The molecule has 1 aromatic rings. The first kappa shape index (κ1) is 8.94. The quantitative estimate of drug-likeness (QED) is 0.652. The van der Waals surface area contributed by atoms with Crippen LogP contribution in [0.3, 0.4) is 0 Å². The third-order valence-electron chi connectivity index (χ3n) is 1.82. The van der Waals surface area contributed by atoms with Gasteiger partial charge in [-0.15, -0.1) is 0 Å². The Bertz CT molecular complexity index is 279. The molecule has 2 nitrogen and oxygen atoms in total. The maximum Gasteiger partial charge on any atom is 0.0253 e. The molecular formula is C10H14N2. The summed E-state index contributed by atoms with van der Waals surface area (Å²) in [5.74, 6) is 0. The molecule has 0 fully saturated rings. The predicted molar refractivity (Wildman–Crippen MR) is 51.8 cm³/mol. The van der Waals surface area contributed by atoms with Gasteiger partial charge < -0.3 is 10.7 Å². The molecule has 0 unspecified atom stereocenters. The van der Waals surface area contributed by atoms with Crippen molar-refractivity contribution >= 4 is 6.21 Å². The van der Waals surface area contributed by atoms with Crippen LogP contribution < -0.4 is 5.32 Å². The minimum atomic E-state index is 0.826. The third kappa shape index (κ3) is 1.92. The zero-order valence-corrected chi connectivity index (χ0v) is 7.52. The smallest absolute Gasteiger partial charge is 0.0253 e. The van der Waals surface area contributed by atoms with Crippen molar-refractivity contribution in [2.75, 3.05) is 7.05 Å². The summed E-state index contributed by atoms with van der Waals surface area (Å²) in [6.45, 7) is 2.89. The highest BCUT2D eigenvalue weighted by molar-refractivity contribution is 5.79. The first-order valence-electron chi connectivity index (χ1n) is 4.02. The lowest BCUT2D eigenvalue weighted by Crippen LogP contribution is -2.07. The molecule has 0 atom stereocenters. The summed E-state index contributed by atoms with van der Waals surface area (Å²) in [5, 5.41) is 10.3. The molecule has 0 radical (unpaired) electrons. The van der Waals surface area contributed by atoms with E-state index >= 15 is 0 Å². The minimum absolute atomic E-state index is 0.826. The second kappa shape index (κ2) is 4.02. The maximum atomic E-state index is 7.18. The average Bonchev–Trinajstić information content (AvgIpc) is 2.05. The molecule has 0 spiro atoms. The molecule has 12 heavy (non-hydrogen) atoms. The second-order valence-corrected chi connectivity index (χ2v) is 2.88. The summed E-state index contributed by atoms with van der Waals surface area (Å²) in [4.78, 5) is 0. The summed E-state index contributed by atoms with van der Waals surface area (Å²) < 4.78 is 0. The SMILES string of the molecule is CNCc1cc(C)ccc1C=N. The van der Waals surface area contributed by atoms with Gasteiger partial charge in [-0.2, -0.15) is 0 Å². The predicted octanol–water partition coefficient (Wildman–Crippen LogP) is 1.71. The summed E-state index contributed by atoms with van der Waals surface area (Å²) in [6.07, 6.45) is 1.39. The molecule has 0 aliphatic heterocycles. The summed E-state index contributed by atoms with van der Waals surface area (Å²) >= 11 is 0. The first-order chi connectivity index (χ1) is 5.77. The van der Waals surface area contributed by atoms with Crippen LogP contribution in [0.1, 0.15) is 16.7 Å². The molecule has 0 bridgehead atoms. The molecule has 0 saturated carbocycles. The van der Waals surface area contributed by atoms with Gasteiger partial charge in [-0.1, -0.05) is 23.8 Å². The van der Waals surface area contributed by atoms with Crippen molar-refractivity contribution in [3.8, 4) is 0 Å². The average molecular weight is 162 g/mol. The van der Waals surface area contributed by atoms with Gasteiger partial charge in [0.25, 0.3) is 0 Å². The molecular weight excluding hydrogens is 148 g/mol. The number of benzene rings is 1. The molecule has 0 heterocycles. The lowest BCUT2D eigenvalue weighted by molar-refractivity contribution is 0.816. The fourth-order valence-electron chi connectivity index (χ4n) is 1.22. The maximum absolute atomic E-state index is 7.18. The third-order valence-corrected chi connectivity index (χ3v) is 1.82. The normalized spacial score (nSPS) is 9.83. The van der Waals surface area contributed by atoms with Crippen LogP contribution in [-0.2, 0) is 6.54 Å². The van der Waals surface area contributed by atoms with Crippen molar-refractivity contribution in [1.82, 2.24) is 5.32 Å². The zero-order chi connectivity index (χ0) is 8.97. The first-order valence-corrected chi connectivity index (χ1v) is 4.02. The summed E-state index contributed by atoms with van der Waals surface area (Å²) in [5.41, 5.74) is 3.42. The van der Waals surface area contributed by atoms with Crippen molar-refractivity contribution in [3.63, 3.8) is 0 Å². The standard InChI is InChI=1S/C10H14N2/c1-8-3-4-9(6-11)10(5-8)7-12-2/h3-6,11-12H,7H2,1-2H3. The molecule has 0 aliphatic rings. The van der Waals surface area contributed by atoms with E-state index in [9.17, 15) is 0 Å². The Kier molecular flexibility index (Phi) is 3.00. The summed E-state index contributed by atoms with van der Waals surface area (Å²) in [6, 6.07) is 6.12. The van der Waals surface area contributed by atoms with Crippen LogP contribution in [0.5, 0.6) is 0 Å². The topological polar surface area (TPSA) is 35.9 Å². The Balaban J connectivity index is 3.03. The van der Waals surface area contributed by atoms with E-state index in [1.54, 1.807) is 0 Å². The van der Waals surface area contributed by atoms with Gasteiger partial charge in [0.05, 0.1) is 0 Å². The van der Waals surface area contributed by atoms with E-state index < -0.39 is 0 Å². The van der Waals surface area contributed by atoms with Gasteiger partial charge in [0.2, 0.25) is 0 Å². The highest BCUT2D eigenvalue weighted by Crippen LogP contribution is 2.09. The number of hydrogen-bond donors (Lipinski definition) is 2. The molecule has 0 aliphatic carbocycles. The molecule has 0 aromatic heterocycles. The van der Waals surface area contributed by atoms with Gasteiger partial charge >= 0.3 is 0 Å².